The molecule has 0 fully saturated rings. The number of halogens is 2. The minimum Gasteiger partial charge on any atom is -0.386 e. The van der Waals surface area contributed by atoms with Crippen molar-refractivity contribution in [1.82, 2.24) is 15.1 Å². The molecule has 8 nitrogen and oxygen atoms in total. The average Bonchev–Trinajstić information content (AvgIpc) is 2.97. The highest BCUT2D eigenvalue weighted by molar-refractivity contribution is 5.76. The minimum absolute atomic E-state index is 0.108. The van der Waals surface area contributed by atoms with E-state index in [2.05, 4.69) is 10.4 Å². The summed E-state index contributed by atoms with van der Waals surface area (Å²) >= 11 is 0. The third-order valence-electron chi connectivity index (χ3n) is 3.27. The van der Waals surface area contributed by atoms with Crippen LogP contribution in [0.3, 0.4) is 0 Å². The molecule has 2 unspecified atom stereocenters. The molecule has 1 amide bonds. The van der Waals surface area contributed by atoms with Crippen LogP contribution in [0.25, 0.3) is 0 Å². The third kappa shape index (κ3) is 4.10. The lowest BCUT2D eigenvalue weighted by Gasteiger charge is -2.20. The Morgan fingerprint density at radius 2 is 2.12 bits per heavy atom. The van der Waals surface area contributed by atoms with Crippen molar-refractivity contribution in [3.8, 4) is 0 Å². The normalized spacial score (nSPS) is 13.3. The van der Waals surface area contributed by atoms with Crippen LogP contribution in [0.4, 0.5) is 14.6 Å². The number of hydrogen-bond acceptors (Lipinski definition) is 5. The van der Waals surface area contributed by atoms with Gasteiger partial charge in [0, 0.05) is 0 Å². The number of aliphatic hydroxyl groups excluding tert-OH is 1. The smallest absolute Gasteiger partial charge is 0.386 e. The topological polar surface area (TPSA) is 110 Å². The molecule has 128 valence electrons. The van der Waals surface area contributed by atoms with Gasteiger partial charge in [-0.3, -0.25) is 4.79 Å². The fraction of sp³-hybridized carbons (Fsp3) is 0.286. The quantitative estimate of drug-likeness (QED) is 0.608. The summed E-state index contributed by atoms with van der Waals surface area (Å²) < 4.78 is 27.1. The van der Waals surface area contributed by atoms with Crippen LogP contribution < -0.4 is 5.32 Å². The summed E-state index contributed by atoms with van der Waals surface area (Å²) in [6.07, 6.45) is 0.0183. The Morgan fingerprint density at radius 1 is 1.42 bits per heavy atom. The number of benzene rings is 1. The Balaban J connectivity index is 1.96. The molecule has 24 heavy (non-hydrogen) atoms. The number of amides is 1. The van der Waals surface area contributed by atoms with E-state index in [0.717, 1.165) is 22.9 Å². The first-order chi connectivity index (χ1) is 11.3. The van der Waals surface area contributed by atoms with E-state index in [1.54, 1.807) is 0 Å². The molecule has 0 aliphatic carbocycles. The van der Waals surface area contributed by atoms with Gasteiger partial charge in [-0.2, -0.15) is 4.68 Å². The van der Waals surface area contributed by atoms with E-state index in [-0.39, 0.29) is 12.1 Å². The Kier molecular flexibility index (Phi) is 5.19. The Labute approximate surface area is 134 Å². The van der Waals surface area contributed by atoms with Gasteiger partial charge in [0.25, 0.3) is 0 Å². The zero-order chi connectivity index (χ0) is 17.9. The standard InChI is InChI=1S/C14H14F2N4O4/c1-8(14(22)9-2-3-10(15)11(16)6-9)17-13(21)7-19-5-4-12(18-19)20(23)24/h2-6,8,14,22H,7H2,1H3,(H,17,21). The zero-order valence-electron chi connectivity index (χ0n) is 12.5. The van der Waals surface area contributed by atoms with E-state index < -0.39 is 40.4 Å². The molecule has 1 aromatic carbocycles. The van der Waals surface area contributed by atoms with Crippen LogP contribution in [-0.2, 0) is 11.3 Å². The predicted molar refractivity (Wildman–Crippen MR) is 77.8 cm³/mol. The molecule has 0 bridgehead atoms. The molecule has 0 aliphatic rings. The summed E-state index contributed by atoms with van der Waals surface area (Å²) in [6.45, 7) is 1.19. The number of carbonyl (C=O) groups excluding carboxylic acids is 1. The lowest BCUT2D eigenvalue weighted by Crippen LogP contribution is -2.39. The number of nitrogens with one attached hydrogen (secondary N) is 1. The molecule has 2 atom stereocenters. The van der Waals surface area contributed by atoms with Gasteiger partial charge in [0.1, 0.15) is 6.54 Å². The Morgan fingerprint density at radius 3 is 2.71 bits per heavy atom. The van der Waals surface area contributed by atoms with E-state index in [4.69, 9.17) is 0 Å². The van der Waals surface area contributed by atoms with Gasteiger partial charge in [-0.15, -0.1) is 0 Å². The number of carbonyl (C=O) groups is 1. The maximum atomic E-state index is 13.2. The highest BCUT2D eigenvalue weighted by Crippen LogP contribution is 2.19. The molecule has 10 heteroatoms. The van der Waals surface area contributed by atoms with Crippen molar-refractivity contribution >= 4 is 11.7 Å². The van der Waals surface area contributed by atoms with E-state index in [1.807, 2.05) is 0 Å². The minimum atomic E-state index is -1.25. The van der Waals surface area contributed by atoms with Crippen LogP contribution in [0.5, 0.6) is 0 Å². The molecular weight excluding hydrogens is 326 g/mol. The number of nitrogens with zero attached hydrogens (tertiary/aromatic N) is 3. The van der Waals surface area contributed by atoms with Crippen molar-refractivity contribution in [3.63, 3.8) is 0 Å². The second-order valence-electron chi connectivity index (χ2n) is 5.10. The molecule has 0 spiro atoms. The van der Waals surface area contributed by atoms with Crippen molar-refractivity contribution < 1.29 is 23.6 Å². The summed E-state index contributed by atoms with van der Waals surface area (Å²) in [4.78, 5) is 21.7. The van der Waals surface area contributed by atoms with Crippen LogP contribution in [0.1, 0.15) is 18.6 Å². The molecule has 2 aromatic rings. The molecule has 0 saturated carbocycles. The van der Waals surface area contributed by atoms with Crippen molar-refractivity contribution in [1.29, 1.82) is 0 Å². The maximum Gasteiger partial charge on any atom is 0.389 e. The molecule has 0 saturated heterocycles. The number of hydrogen-bond donors (Lipinski definition) is 2. The first-order valence-electron chi connectivity index (χ1n) is 6.88. The van der Waals surface area contributed by atoms with Crippen molar-refractivity contribution in [3.05, 3.63) is 57.8 Å². The van der Waals surface area contributed by atoms with Gasteiger partial charge in [-0.25, -0.2) is 8.78 Å². The molecule has 1 heterocycles. The summed E-state index contributed by atoms with van der Waals surface area (Å²) in [6, 6.07) is 3.29. The van der Waals surface area contributed by atoms with Crippen molar-refractivity contribution in [2.75, 3.05) is 0 Å². The van der Waals surface area contributed by atoms with Gasteiger partial charge in [-0.1, -0.05) is 6.07 Å². The predicted octanol–water partition coefficient (Wildman–Crippen LogP) is 1.31. The van der Waals surface area contributed by atoms with Gasteiger partial charge in [0.05, 0.1) is 29.5 Å². The van der Waals surface area contributed by atoms with Gasteiger partial charge in [-0.05, 0) is 29.5 Å². The highest BCUT2D eigenvalue weighted by atomic mass is 19.2. The molecule has 0 radical (unpaired) electrons. The highest BCUT2D eigenvalue weighted by Gasteiger charge is 2.21. The van der Waals surface area contributed by atoms with Crippen LogP contribution in [0, 0.1) is 21.7 Å². The van der Waals surface area contributed by atoms with Gasteiger partial charge in [0.15, 0.2) is 11.6 Å². The van der Waals surface area contributed by atoms with Gasteiger partial charge in [0.2, 0.25) is 5.91 Å². The van der Waals surface area contributed by atoms with Crippen LogP contribution in [0.15, 0.2) is 30.5 Å². The molecule has 2 rings (SSSR count). The lowest BCUT2D eigenvalue weighted by molar-refractivity contribution is -0.389. The number of aliphatic hydroxyl groups is 1. The maximum absolute atomic E-state index is 13.2. The van der Waals surface area contributed by atoms with Gasteiger partial charge >= 0.3 is 5.82 Å². The van der Waals surface area contributed by atoms with Crippen LogP contribution >= 0.6 is 0 Å². The molecular formula is C14H14F2N4O4. The first-order valence-corrected chi connectivity index (χ1v) is 6.88. The summed E-state index contributed by atoms with van der Waals surface area (Å²) in [5.41, 5.74) is 0.108. The fourth-order valence-corrected chi connectivity index (χ4v) is 2.05. The summed E-state index contributed by atoms with van der Waals surface area (Å²) in [5, 5.41) is 26.6. The SMILES string of the molecule is CC(NC(=O)Cn1ccc([N+](=O)[O-])n1)C(O)c1ccc(F)c(F)c1. The molecule has 1 aromatic heterocycles. The van der Waals surface area contributed by atoms with Crippen LogP contribution in [0.2, 0.25) is 0 Å². The van der Waals surface area contributed by atoms with Gasteiger partial charge < -0.3 is 20.5 Å². The van der Waals surface area contributed by atoms with E-state index >= 15 is 0 Å². The number of aromatic nitrogens is 2. The zero-order valence-corrected chi connectivity index (χ0v) is 12.5. The molecule has 0 aliphatic heterocycles. The first kappa shape index (κ1) is 17.5. The van der Waals surface area contributed by atoms with E-state index in [0.29, 0.717) is 0 Å². The van der Waals surface area contributed by atoms with E-state index in [1.165, 1.54) is 19.2 Å². The second-order valence-corrected chi connectivity index (χ2v) is 5.10. The number of nitro groups is 1. The Bertz CT molecular complexity index is 765. The largest absolute Gasteiger partial charge is 0.389 e. The van der Waals surface area contributed by atoms with Crippen LogP contribution in [-0.4, -0.2) is 31.8 Å². The number of rotatable bonds is 6. The van der Waals surface area contributed by atoms with E-state index in [9.17, 15) is 28.8 Å². The Hall–Kier alpha value is -2.88. The lowest BCUT2D eigenvalue weighted by atomic mass is 10.0. The average molecular weight is 340 g/mol. The van der Waals surface area contributed by atoms with Crippen molar-refractivity contribution in [2.24, 2.45) is 0 Å². The fourth-order valence-electron chi connectivity index (χ4n) is 2.05. The monoisotopic (exact) mass is 340 g/mol. The molecule has 2 N–H and O–H groups in total. The summed E-state index contributed by atoms with van der Waals surface area (Å²) in [5.74, 6) is -3.09. The van der Waals surface area contributed by atoms with Crippen molar-refractivity contribution in [2.45, 2.75) is 25.6 Å². The second kappa shape index (κ2) is 7.13. The summed E-state index contributed by atoms with van der Waals surface area (Å²) in [7, 11) is 0. The third-order valence-corrected chi connectivity index (χ3v) is 3.27.